The molecule has 2 aromatic heterocycles. The SMILES string of the molecule is CCOC(=O)C1CCN([C@H](c2cccc(F)c2)c2sc3ncnn3c2O)CC1. The fourth-order valence-corrected chi connectivity index (χ4v) is 4.82. The molecular weight excluding hydrogens is 383 g/mol. The first-order valence-corrected chi connectivity index (χ1v) is 10.1. The van der Waals surface area contributed by atoms with Crippen molar-refractivity contribution >= 4 is 22.3 Å². The van der Waals surface area contributed by atoms with Crippen molar-refractivity contribution in [2.24, 2.45) is 5.92 Å². The molecule has 1 saturated heterocycles. The quantitative estimate of drug-likeness (QED) is 0.659. The fourth-order valence-electron chi connectivity index (χ4n) is 3.73. The summed E-state index contributed by atoms with van der Waals surface area (Å²) < 4.78 is 20.5. The predicted octanol–water partition coefficient (Wildman–Crippen LogP) is 3.00. The van der Waals surface area contributed by atoms with Crippen molar-refractivity contribution < 1.29 is 19.0 Å². The van der Waals surface area contributed by atoms with Gasteiger partial charge >= 0.3 is 5.97 Å². The van der Waals surface area contributed by atoms with Gasteiger partial charge in [0.1, 0.15) is 12.1 Å². The van der Waals surface area contributed by atoms with E-state index in [0.29, 0.717) is 42.4 Å². The van der Waals surface area contributed by atoms with Crippen molar-refractivity contribution in [3.05, 3.63) is 46.9 Å². The number of carbonyl (C=O) groups is 1. The van der Waals surface area contributed by atoms with E-state index in [2.05, 4.69) is 15.0 Å². The topological polar surface area (TPSA) is 80.0 Å². The summed E-state index contributed by atoms with van der Waals surface area (Å²) in [5.41, 5.74) is 0.745. The van der Waals surface area contributed by atoms with Gasteiger partial charge in [0.15, 0.2) is 0 Å². The first kappa shape index (κ1) is 18.8. The zero-order valence-corrected chi connectivity index (χ0v) is 16.2. The molecule has 0 amide bonds. The van der Waals surface area contributed by atoms with Gasteiger partial charge in [0, 0.05) is 0 Å². The number of benzene rings is 1. The second kappa shape index (κ2) is 7.84. The summed E-state index contributed by atoms with van der Waals surface area (Å²) >= 11 is 1.33. The van der Waals surface area contributed by atoms with E-state index in [4.69, 9.17) is 4.74 Å². The minimum Gasteiger partial charge on any atom is -0.492 e. The number of rotatable bonds is 5. The molecule has 0 saturated carbocycles. The Kier molecular flexibility index (Phi) is 5.27. The molecule has 0 unspecified atom stereocenters. The van der Waals surface area contributed by atoms with Crippen LogP contribution in [0.5, 0.6) is 5.88 Å². The molecule has 28 heavy (non-hydrogen) atoms. The smallest absolute Gasteiger partial charge is 0.309 e. The second-order valence-electron chi connectivity index (χ2n) is 6.76. The standard InChI is InChI=1S/C19H21FN4O3S/c1-2-27-18(26)12-6-8-23(9-7-12)15(13-4-3-5-14(20)10-13)16-17(25)24-19(28-16)21-11-22-24/h3-5,10-12,15,25H,2,6-9H2,1H3/t15-/m1/s1. The number of likely N-dealkylation sites (tertiary alicyclic amines) is 1. The number of hydrogen-bond donors (Lipinski definition) is 1. The van der Waals surface area contributed by atoms with Crippen LogP contribution in [-0.4, -0.2) is 50.3 Å². The summed E-state index contributed by atoms with van der Waals surface area (Å²) in [7, 11) is 0. The van der Waals surface area contributed by atoms with Crippen molar-refractivity contribution in [3.63, 3.8) is 0 Å². The van der Waals surface area contributed by atoms with Crippen LogP contribution in [0.15, 0.2) is 30.6 Å². The Hall–Kier alpha value is -2.52. The molecule has 4 rings (SSSR count). The fraction of sp³-hybridized carbons (Fsp3) is 0.421. The highest BCUT2D eigenvalue weighted by molar-refractivity contribution is 7.17. The molecule has 9 heteroatoms. The van der Waals surface area contributed by atoms with E-state index in [-0.39, 0.29) is 29.6 Å². The number of aromatic hydroxyl groups is 1. The van der Waals surface area contributed by atoms with E-state index >= 15 is 0 Å². The molecule has 0 radical (unpaired) electrons. The highest BCUT2D eigenvalue weighted by atomic mass is 32.1. The maximum atomic E-state index is 13.9. The van der Waals surface area contributed by atoms with Gasteiger partial charge in [-0.15, -0.1) is 0 Å². The van der Waals surface area contributed by atoms with Crippen LogP contribution >= 0.6 is 11.3 Å². The van der Waals surface area contributed by atoms with Gasteiger partial charge in [0.25, 0.3) is 0 Å². The second-order valence-corrected chi connectivity index (χ2v) is 7.77. The molecule has 3 heterocycles. The van der Waals surface area contributed by atoms with Crippen molar-refractivity contribution in [1.82, 2.24) is 19.5 Å². The van der Waals surface area contributed by atoms with Gasteiger partial charge in [0.05, 0.1) is 23.4 Å². The van der Waals surface area contributed by atoms with E-state index in [9.17, 15) is 14.3 Å². The molecule has 1 N–H and O–H groups in total. The molecule has 1 aliphatic heterocycles. The minimum atomic E-state index is -0.340. The molecule has 0 spiro atoms. The van der Waals surface area contributed by atoms with Crippen LogP contribution in [0.3, 0.4) is 0 Å². The minimum absolute atomic E-state index is 0.0132. The molecule has 1 fully saturated rings. The summed E-state index contributed by atoms with van der Waals surface area (Å²) in [5, 5.41) is 14.7. The lowest BCUT2D eigenvalue weighted by Crippen LogP contribution is -2.39. The summed E-state index contributed by atoms with van der Waals surface area (Å²) in [6, 6.07) is 6.05. The van der Waals surface area contributed by atoms with Crippen LogP contribution in [0.25, 0.3) is 4.96 Å². The van der Waals surface area contributed by atoms with Crippen LogP contribution in [0.1, 0.15) is 36.2 Å². The Balaban J connectivity index is 1.66. The Labute approximate surface area is 165 Å². The number of aromatic nitrogens is 3. The van der Waals surface area contributed by atoms with Gasteiger partial charge in [-0.2, -0.15) is 9.61 Å². The van der Waals surface area contributed by atoms with E-state index in [1.54, 1.807) is 13.0 Å². The van der Waals surface area contributed by atoms with Crippen molar-refractivity contribution in [1.29, 1.82) is 0 Å². The van der Waals surface area contributed by atoms with Crippen LogP contribution < -0.4 is 0 Å². The number of halogens is 1. The number of hydrogen-bond acceptors (Lipinski definition) is 7. The molecule has 7 nitrogen and oxygen atoms in total. The number of fused-ring (bicyclic) bond motifs is 1. The van der Waals surface area contributed by atoms with Crippen LogP contribution in [0.2, 0.25) is 0 Å². The van der Waals surface area contributed by atoms with Crippen LogP contribution in [0.4, 0.5) is 4.39 Å². The van der Waals surface area contributed by atoms with Gasteiger partial charge in [0.2, 0.25) is 10.8 Å². The monoisotopic (exact) mass is 404 g/mol. The number of esters is 1. The first-order valence-electron chi connectivity index (χ1n) is 9.26. The zero-order chi connectivity index (χ0) is 19.7. The molecule has 0 bridgehead atoms. The van der Waals surface area contributed by atoms with Gasteiger partial charge in [-0.3, -0.25) is 9.69 Å². The normalized spacial score (nSPS) is 17.1. The average Bonchev–Trinajstić information content (AvgIpc) is 3.27. The maximum Gasteiger partial charge on any atom is 0.309 e. The molecule has 1 atom stereocenters. The van der Waals surface area contributed by atoms with Crippen molar-refractivity contribution in [2.45, 2.75) is 25.8 Å². The van der Waals surface area contributed by atoms with E-state index in [0.717, 1.165) is 5.56 Å². The molecule has 148 valence electrons. The van der Waals surface area contributed by atoms with Gasteiger partial charge in [-0.1, -0.05) is 23.5 Å². The van der Waals surface area contributed by atoms with Crippen LogP contribution in [0, 0.1) is 11.7 Å². The van der Waals surface area contributed by atoms with Gasteiger partial charge in [-0.25, -0.2) is 9.37 Å². The third kappa shape index (κ3) is 3.47. The summed E-state index contributed by atoms with van der Waals surface area (Å²) in [4.78, 5) is 19.6. The Morgan fingerprint density at radius 1 is 1.43 bits per heavy atom. The van der Waals surface area contributed by atoms with E-state index in [1.165, 1.54) is 34.3 Å². The zero-order valence-electron chi connectivity index (χ0n) is 15.4. The molecule has 1 aromatic carbocycles. The molecule has 0 aliphatic carbocycles. The third-order valence-corrected chi connectivity index (χ3v) is 6.15. The lowest BCUT2D eigenvalue weighted by Gasteiger charge is -2.36. The van der Waals surface area contributed by atoms with E-state index in [1.807, 2.05) is 6.07 Å². The average molecular weight is 404 g/mol. The number of nitrogens with zero attached hydrogens (tertiary/aromatic N) is 4. The lowest BCUT2D eigenvalue weighted by atomic mass is 9.93. The Bertz CT molecular complexity index is 981. The number of carbonyl (C=O) groups excluding carboxylic acids is 1. The van der Waals surface area contributed by atoms with Gasteiger partial charge < -0.3 is 9.84 Å². The Morgan fingerprint density at radius 2 is 2.21 bits per heavy atom. The summed E-state index contributed by atoms with van der Waals surface area (Å²) in [6.07, 6.45) is 2.70. The van der Waals surface area contributed by atoms with Crippen molar-refractivity contribution in [2.75, 3.05) is 19.7 Å². The first-order chi connectivity index (χ1) is 13.6. The predicted molar refractivity (Wildman–Crippen MR) is 102 cm³/mol. The lowest BCUT2D eigenvalue weighted by molar-refractivity contribution is -0.149. The molecular formula is C19H21FN4O3S. The highest BCUT2D eigenvalue weighted by Crippen LogP contribution is 2.41. The molecule has 1 aliphatic rings. The van der Waals surface area contributed by atoms with Crippen molar-refractivity contribution in [3.8, 4) is 5.88 Å². The van der Waals surface area contributed by atoms with E-state index < -0.39 is 0 Å². The number of piperidine rings is 1. The van der Waals surface area contributed by atoms with Crippen LogP contribution in [-0.2, 0) is 9.53 Å². The van der Waals surface area contributed by atoms with Gasteiger partial charge in [-0.05, 0) is 50.6 Å². The molecule has 3 aromatic rings. The largest absolute Gasteiger partial charge is 0.492 e. The Morgan fingerprint density at radius 3 is 2.89 bits per heavy atom. The maximum absolute atomic E-state index is 13.9. The summed E-state index contributed by atoms with van der Waals surface area (Å²) in [5.74, 6) is -0.603. The number of ether oxygens (including phenoxy) is 1. The number of thiazole rings is 1. The summed E-state index contributed by atoms with van der Waals surface area (Å²) in [6.45, 7) is 3.45. The highest BCUT2D eigenvalue weighted by Gasteiger charge is 2.34. The third-order valence-electron chi connectivity index (χ3n) is 5.07.